The van der Waals surface area contributed by atoms with E-state index in [4.69, 9.17) is 11.6 Å². The molecule has 3 N–H and O–H groups in total. The minimum absolute atomic E-state index is 0.00790. The van der Waals surface area contributed by atoms with E-state index in [9.17, 15) is 19.8 Å². The van der Waals surface area contributed by atoms with Gasteiger partial charge in [-0.25, -0.2) is 4.79 Å². The van der Waals surface area contributed by atoms with Crippen LogP contribution in [0.4, 0.5) is 5.00 Å². The molecule has 4 rings (SSSR count). The van der Waals surface area contributed by atoms with Crippen molar-refractivity contribution in [1.82, 2.24) is 0 Å². The lowest BCUT2D eigenvalue weighted by Gasteiger charge is -2.05. The zero-order valence-electron chi connectivity index (χ0n) is 13.4. The van der Waals surface area contributed by atoms with E-state index < -0.39 is 11.9 Å². The molecule has 0 radical (unpaired) electrons. The van der Waals surface area contributed by atoms with Gasteiger partial charge in [-0.3, -0.25) is 4.79 Å². The number of hydrogen-bond acceptors (Lipinski definition) is 6. The normalized spacial score (nSPS) is 11.0. The molecule has 0 saturated carbocycles. The van der Waals surface area contributed by atoms with Crippen molar-refractivity contribution in [2.24, 2.45) is 0 Å². The van der Waals surface area contributed by atoms with Crippen molar-refractivity contribution in [3.8, 4) is 16.9 Å². The zero-order valence-corrected chi connectivity index (χ0v) is 16.6. The first-order valence-corrected chi connectivity index (χ1v) is 10.5. The number of amides is 1. The van der Waals surface area contributed by atoms with Crippen LogP contribution in [0, 0.1) is 0 Å². The van der Waals surface area contributed by atoms with Gasteiger partial charge in [0.15, 0.2) is 5.75 Å². The summed E-state index contributed by atoms with van der Waals surface area (Å²) in [6.45, 7) is 0. The van der Waals surface area contributed by atoms with Crippen LogP contribution in [-0.4, -0.2) is 22.1 Å². The van der Waals surface area contributed by atoms with Crippen LogP contribution < -0.4 is 5.32 Å². The Labute approximate surface area is 170 Å². The third-order valence-corrected chi connectivity index (χ3v) is 7.21. The summed E-state index contributed by atoms with van der Waals surface area (Å²) in [5, 5.41) is 26.8. The van der Waals surface area contributed by atoms with E-state index in [0.717, 1.165) is 16.0 Å². The smallest absolute Gasteiger partial charge is 0.339 e. The maximum Gasteiger partial charge on any atom is 0.339 e. The third-order valence-electron chi connectivity index (χ3n) is 3.86. The van der Waals surface area contributed by atoms with E-state index in [1.165, 1.54) is 22.7 Å². The third kappa shape index (κ3) is 3.21. The lowest BCUT2D eigenvalue weighted by molar-refractivity contribution is 0.0699. The number of carboxylic acid groups (broad SMARTS) is 1. The molecule has 0 aliphatic carbocycles. The largest absolute Gasteiger partial charge is 0.505 e. The molecule has 0 saturated heterocycles. The average Bonchev–Trinajstić information content (AvgIpc) is 3.32. The van der Waals surface area contributed by atoms with Crippen molar-refractivity contribution in [3.05, 3.63) is 56.6 Å². The highest BCUT2D eigenvalue weighted by Crippen LogP contribution is 2.41. The Bertz CT molecular complexity index is 1170. The molecule has 27 heavy (non-hydrogen) atoms. The highest BCUT2D eigenvalue weighted by molar-refractivity contribution is 7.28. The molecule has 0 fully saturated rings. The number of carboxylic acids is 1. The maximum atomic E-state index is 12.6. The summed E-state index contributed by atoms with van der Waals surface area (Å²) >= 11 is 9.53. The summed E-state index contributed by atoms with van der Waals surface area (Å²) in [6.07, 6.45) is 0. The van der Waals surface area contributed by atoms with Gasteiger partial charge < -0.3 is 15.5 Å². The minimum Gasteiger partial charge on any atom is -0.505 e. The Balaban J connectivity index is 1.70. The fourth-order valence-corrected chi connectivity index (χ4v) is 5.76. The van der Waals surface area contributed by atoms with Crippen LogP contribution in [0.25, 0.3) is 20.5 Å². The summed E-state index contributed by atoms with van der Waals surface area (Å²) in [6, 6.07) is 8.63. The van der Waals surface area contributed by atoms with E-state index in [2.05, 4.69) is 5.32 Å². The molecule has 0 aliphatic heterocycles. The summed E-state index contributed by atoms with van der Waals surface area (Å²) in [5.41, 5.74) is 1.19. The molecule has 136 valence electrons. The molecule has 3 heterocycles. The van der Waals surface area contributed by atoms with Crippen molar-refractivity contribution in [2.75, 3.05) is 5.32 Å². The minimum atomic E-state index is -1.15. The number of fused-ring (bicyclic) bond motifs is 1. The molecule has 4 aromatic rings. The molecular formula is C18H10ClNO4S3. The number of rotatable bonds is 4. The fraction of sp³-hybridized carbons (Fsp3) is 0. The van der Waals surface area contributed by atoms with Crippen LogP contribution in [0.15, 0.2) is 41.1 Å². The van der Waals surface area contributed by atoms with Gasteiger partial charge >= 0.3 is 5.97 Å². The fourth-order valence-electron chi connectivity index (χ4n) is 2.63. The zero-order chi connectivity index (χ0) is 19.1. The van der Waals surface area contributed by atoms with Crippen molar-refractivity contribution in [1.29, 1.82) is 0 Å². The number of thiophene rings is 3. The first kappa shape index (κ1) is 18.0. The van der Waals surface area contributed by atoms with Crippen LogP contribution in [0.1, 0.15) is 20.0 Å². The van der Waals surface area contributed by atoms with Gasteiger partial charge in [0.25, 0.3) is 5.91 Å². The molecule has 5 nitrogen and oxygen atoms in total. The molecule has 0 bridgehead atoms. The van der Waals surface area contributed by atoms with Crippen molar-refractivity contribution >= 4 is 71.9 Å². The number of carbonyl (C=O) groups is 2. The van der Waals surface area contributed by atoms with E-state index in [0.29, 0.717) is 20.8 Å². The van der Waals surface area contributed by atoms with Crippen molar-refractivity contribution in [2.45, 2.75) is 0 Å². The predicted octanol–water partition coefficient (Wildman–Crippen LogP) is 6.00. The molecular weight excluding hydrogens is 426 g/mol. The van der Waals surface area contributed by atoms with Crippen molar-refractivity contribution in [3.63, 3.8) is 0 Å². The molecule has 0 spiro atoms. The molecule has 3 aromatic heterocycles. The first-order valence-electron chi connectivity index (χ1n) is 7.56. The highest BCUT2D eigenvalue weighted by Gasteiger charge is 2.24. The average molecular weight is 436 g/mol. The second kappa shape index (κ2) is 6.97. The second-order valence-electron chi connectivity index (χ2n) is 5.51. The van der Waals surface area contributed by atoms with Crippen molar-refractivity contribution < 1.29 is 19.8 Å². The lowest BCUT2D eigenvalue weighted by atomic mass is 10.0. The van der Waals surface area contributed by atoms with Crippen LogP contribution >= 0.6 is 45.6 Å². The quantitative estimate of drug-likeness (QED) is 0.367. The van der Waals surface area contributed by atoms with Crippen LogP contribution in [0.2, 0.25) is 5.02 Å². The topological polar surface area (TPSA) is 86.6 Å². The van der Waals surface area contributed by atoms with Crippen LogP contribution in [0.5, 0.6) is 5.75 Å². The number of anilines is 1. The molecule has 0 aliphatic rings. The van der Waals surface area contributed by atoms with E-state index in [1.807, 2.05) is 11.4 Å². The van der Waals surface area contributed by atoms with Gasteiger partial charge in [-0.05, 0) is 29.1 Å². The SMILES string of the molecule is O=C(Nc1scc(-c2ccc(Cl)cc2)c1C(=O)O)c1sc2ccsc2c1O. The predicted molar refractivity (Wildman–Crippen MR) is 111 cm³/mol. The van der Waals surface area contributed by atoms with E-state index >= 15 is 0 Å². The Morgan fingerprint density at radius 1 is 1.07 bits per heavy atom. The lowest BCUT2D eigenvalue weighted by Crippen LogP contribution is -2.12. The van der Waals surface area contributed by atoms with Gasteiger partial charge in [0.1, 0.15) is 15.4 Å². The second-order valence-corrected chi connectivity index (χ2v) is 8.80. The number of carbonyl (C=O) groups excluding carboxylic acids is 1. The van der Waals surface area contributed by atoms with E-state index in [1.54, 1.807) is 29.6 Å². The van der Waals surface area contributed by atoms with E-state index in [-0.39, 0.29) is 21.2 Å². The number of halogens is 1. The number of benzene rings is 1. The number of nitrogens with one attached hydrogen (secondary N) is 1. The molecule has 0 unspecified atom stereocenters. The summed E-state index contributed by atoms with van der Waals surface area (Å²) in [5.74, 6) is -1.75. The highest BCUT2D eigenvalue weighted by atomic mass is 35.5. The molecule has 9 heteroatoms. The molecule has 1 amide bonds. The monoisotopic (exact) mass is 435 g/mol. The van der Waals surface area contributed by atoms with Gasteiger partial charge in [-0.1, -0.05) is 23.7 Å². The Hall–Kier alpha value is -2.39. The summed E-state index contributed by atoms with van der Waals surface area (Å²) in [4.78, 5) is 24.6. The van der Waals surface area contributed by atoms with Gasteiger partial charge in [0, 0.05) is 20.7 Å². The van der Waals surface area contributed by atoms with Crippen LogP contribution in [0.3, 0.4) is 0 Å². The Morgan fingerprint density at radius 3 is 2.48 bits per heavy atom. The van der Waals surface area contributed by atoms with Crippen LogP contribution in [-0.2, 0) is 0 Å². The summed E-state index contributed by atoms with van der Waals surface area (Å²) in [7, 11) is 0. The summed E-state index contributed by atoms with van der Waals surface area (Å²) < 4.78 is 1.46. The maximum absolute atomic E-state index is 12.6. The Kier molecular flexibility index (Phi) is 4.65. The molecule has 1 aromatic carbocycles. The standard InChI is InChI=1S/C18H10ClNO4S3/c19-9-3-1-8(2-4-9)10-7-26-17(12(10)18(23)24)20-16(22)15-13(21)14-11(27-15)5-6-25-14/h1-7,21H,(H,20,22)(H,23,24). The number of aromatic carboxylic acids is 1. The van der Waals surface area contributed by atoms with Gasteiger partial charge in [0.05, 0.1) is 4.70 Å². The Morgan fingerprint density at radius 2 is 1.81 bits per heavy atom. The van der Waals surface area contributed by atoms with Gasteiger partial charge in [0.2, 0.25) is 0 Å². The number of aromatic hydroxyl groups is 1. The van der Waals surface area contributed by atoms with Gasteiger partial charge in [-0.2, -0.15) is 0 Å². The van der Waals surface area contributed by atoms with Gasteiger partial charge in [-0.15, -0.1) is 34.0 Å². The first-order chi connectivity index (χ1) is 13.0. The number of hydrogen-bond donors (Lipinski definition) is 3. The molecule has 0 atom stereocenters.